The van der Waals surface area contributed by atoms with Gasteiger partial charge in [-0.05, 0) is 31.0 Å². The highest BCUT2D eigenvalue weighted by atomic mass is 16.7. The molecule has 0 saturated carbocycles. The molecule has 0 radical (unpaired) electrons. The van der Waals surface area contributed by atoms with Crippen LogP contribution in [0.3, 0.4) is 0 Å². The molecule has 0 bridgehead atoms. The maximum atomic E-state index is 13.6. The minimum absolute atomic E-state index is 0.0567. The van der Waals surface area contributed by atoms with Crippen LogP contribution in [0.2, 0.25) is 0 Å². The van der Waals surface area contributed by atoms with Gasteiger partial charge in [0, 0.05) is 35.7 Å². The predicted octanol–water partition coefficient (Wildman–Crippen LogP) is 1.12. The maximum absolute atomic E-state index is 13.6. The summed E-state index contributed by atoms with van der Waals surface area (Å²) in [6, 6.07) is 5.30. The van der Waals surface area contributed by atoms with Crippen molar-refractivity contribution in [2.24, 2.45) is 5.73 Å². The minimum atomic E-state index is -1.91. The molecule has 3 N–H and O–H groups in total. The number of aromatic nitrogens is 2. The fourth-order valence-corrected chi connectivity index (χ4v) is 5.43. The Morgan fingerprint density at radius 1 is 1.16 bits per heavy atom. The second-order valence-electron chi connectivity index (χ2n) is 9.36. The highest BCUT2D eigenvalue weighted by Crippen LogP contribution is 2.43. The van der Waals surface area contributed by atoms with Gasteiger partial charge < -0.3 is 34.5 Å². The van der Waals surface area contributed by atoms with E-state index >= 15 is 0 Å². The van der Waals surface area contributed by atoms with Crippen molar-refractivity contribution in [3.05, 3.63) is 50.8 Å². The zero-order valence-electron chi connectivity index (χ0n) is 20.5. The molecule has 1 aromatic carbocycles. The topological polar surface area (TPSA) is 146 Å². The number of fused-ring (bicyclic) bond motifs is 6. The molecule has 3 aromatic rings. The predicted molar refractivity (Wildman–Crippen MR) is 131 cm³/mol. The monoisotopic (exact) mass is 506 g/mol. The quantitative estimate of drug-likeness (QED) is 0.380. The summed E-state index contributed by atoms with van der Waals surface area (Å²) >= 11 is 0. The number of hydrogen-bond donors (Lipinski definition) is 2. The van der Waals surface area contributed by atoms with Gasteiger partial charge in [-0.3, -0.25) is 9.59 Å². The summed E-state index contributed by atoms with van der Waals surface area (Å²) in [5, 5.41) is 11.9. The molecule has 11 nitrogen and oxygen atoms in total. The van der Waals surface area contributed by atoms with Crippen LogP contribution < -0.4 is 20.8 Å². The van der Waals surface area contributed by atoms with Crippen molar-refractivity contribution in [1.82, 2.24) is 14.5 Å². The number of likely N-dealkylation sites (N-methyl/N-ethyl adjacent to an activating group) is 1. The number of aliphatic hydroxyl groups is 1. The van der Waals surface area contributed by atoms with Gasteiger partial charge in [0.15, 0.2) is 17.1 Å². The summed E-state index contributed by atoms with van der Waals surface area (Å²) in [6.07, 6.45) is 0.0567. The molecule has 0 spiro atoms. The van der Waals surface area contributed by atoms with E-state index in [-0.39, 0.29) is 62.0 Å². The van der Waals surface area contributed by atoms with Crippen LogP contribution in [0.15, 0.2) is 23.0 Å². The summed E-state index contributed by atoms with van der Waals surface area (Å²) in [6.45, 7) is 4.24. The van der Waals surface area contributed by atoms with Crippen molar-refractivity contribution >= 4 is 22.8 Å². The fourth-order valence-electron chi connectivity index (χ4n) is 5.43. The van der Waals surface area contributed by atoms with Crippen LogP contribution in [0.4, 0.5) is 0 Å². The summed E-state index contributed by atoms with van der Waals surface area (Å²) in [4.78, 5) is 45.2. The van der Waals surface area contributed by atoms with Crippen molar-refractivity contribution in [1.29, 1.82) is 0 Å². The average molecular weight is 507 g/mol. The Morgan fingerprint density at radius 2 is 1.92 bits per heavy atom. The second-order valence-corrected chi connectivity index (χ2v) is 9.36. The number of pyridine rings is 2. The lowest BCUT2D eigenvalue weighted by molar-refractivity contribution is -0.172. The van der Waals surface area contributed by atoms with E-state index in [0.717, 1.165) is 16.5 Å². The van der Waals surface area contributed by atoms with Crippen LogP contribution >= 0.6 is 0 Å². The van der Waals surface area contributed by atoms with Crippen LogP contribution in [-0.2, 0) is 39.6 Å². The van der Waals surface area contributed by atoms with Crippen LogP contribution in [-0.4, -0.2) is 51.3 Å². The molecule has 3 aliphatic heterocycles. The van der Waals surface area contributed by atoms with E-state index in [0.29, 0.717) is 34.9 Å². The number of cyclic esters (lactones) is 1. The largest absolute Gasteiger partial charge is 0.458 e. The number of rotatable bonds is 5. The van der Waals surface area contributed by atoms with Gasteiger partial charge in [0.25, 0.3) is 5.56 Å². The Hall–Kier alpha value is -3.96. The van der Waals surface area contributed by atoms with E-state index < -0.39 is 11.6 Å². The highest BCUT2D eigenvalue weighted by Gasteiger charge is 2.45. The number of carbonyl (C=O) groups is 2. The van der Waals surface area contributed by atoms with E-state index in [1.54, 1.807) is 28.5 Å². The first-order valence-corrected chi connectivity index (χ1v) is 12.2. The molecule has 2 aromatic heterocycles. The lowest BCUT2D eigenvalue weighted by Gasteiger charge is -2.31. The van der Waals surface area contributed by atoms with E-state index in [2.05, 4.69) is 0 Å². The molecule has 0 aliphatic carbocycles. The Labute approximate surface area is 211 Å². The summed E-state index contributed by atoms with van der Waals surface area (Å²) in [7, 11) is 0. The number of benzene rings is 1. The Morgan fingerprint density at radius 3 is 2.62 bits per heavy atom. The van der Waals surface area contributed by atoms with Crippen molar-refractivity contribution in [2.75, 3.05) is 19.9 Å². The SMILES string of the molecule is CCN(Cc1c2c(nc3cc4c(cc13)OCO4)-c1cc3c(c(=O)n1C2)COC(=O)[C@]3(O)CC)C(=O)CN. The number of nitrogens with two attached hydrogens (primary N) is 1. The first kappa shape index (κ1) is 23.4. The number of hydrogen-bond acceptors (Lipinski definition) is 9. The third-order valence-corrected chi connectivity index (χ3v) is 7.56. The van der Waals surface area contributed by atoms with Gasteiger partial charge in [-0.1, -0.05) is 6.92 Å². The normalized spacial score (nSPS) is 18.9. The van der Waals surface area contributed by atoms with Gasteiger partial charge in [-0.2, -0.15) is 0 Å². The van der Waals surface area contributed by atoms with Gasteiger partial charge in [-0.25, -0.2) is 9.78 Å². The van der Waals surface area contributed by atoms with Gasteiger partial charge in [0.1, 0.15) is 6.61 Å². The molecule has 1 amide bonds. The molecule has 37 heavy (non-hydrogen) atoms. The third-order valence-electron chi connectivity index (χ3n) is 7.56. The highest BCUT2D eigenvalue weighted by molar-refractivity contribution is 5.92. The molecule has 3 aliphatic rings. The molecular formula is C26H26N4O7. The number of nitrogens with zero attached hydrogens (tertiary/aromatic N) is 3. The maximum Gasteiger partial charge on any atom is 0.343 e. The fraction of sp³-hybridized carbons (Fsp3) is 0.385. The van der Waals surface area contributed by atoms with Gasteiger partial charge >= 0.3 is 5.97 Å². The van der Waals surface area contributed by atoms with Crippen molar-refractivity contribution in [3.63, 3.8) is 0 Å². The van der Waals surface area contributed by atoms with Crippen molar-refractivity contribution in [3.8, 4) is 22.9 Å². The zero-order valence-corrected chi connectivity index (χ0v) is 20.5. The molecule has 5 heterocycles. The molecule has 0 unspecified atom stereocenters. The van der Waals surface area contributed by atoms with Gasteiger partial charge in [0.05, 0.1) is 35.6 Å². The summed E-state index contributed by atoms with van der Waals surface area (Å²) in [5.41, 5.74) is 7.15. The summed E-state index contributed by atoms with van der Waals surface area (Å²) in [5.74, 6) is 0.160. The number of carbonyl (C=O) groups excluding carboxylic acids is 2. The average Bonchev–Trinajstić information content (AvgIpc) is 3.52. The second kappa shape index (κ2) is 8.29. The Balaban J connectivity index is 1.61. The van der Waals surface area contributed by atoms with E-state index in [1.807, 2.05) is 13.0 Å². The first-order valence-electron chi connectivity index (χ1n) is 12.2. The standard InChI is InChI=1S/C26H26N4O7/c1-3-26(34)17-6-19-23-15(10-30(19)24(32)16(17)11-35-25(26)33)14(9-29(4-2)22(31)8-27)13-5-20-21(37-12-36-20)7-18(13)28-23/h5-7,34H,3-4,8-12,27H2,1-2H3/t26-/m0/s1. The first-order chi connectivity index (χ1) is 17.8. The molecule has 192 valence electrons. The van der Waals surface area contributed by atoms with E-state index in [9.17, 15) is 19.5 Å². The van der Waals surface area contributed by atoms with Crippen LogP contribution in [0, 0.1) is 0 Å². The molecular weight excluding hydrogens is 480 g/mol. The number of esters is 1. The molecule has 0 saturated heterocycles. The number of amides is 1. The lowest BCUT2D eigenvalue weighted by atomic mass is 9.86. The van der Waals surface area contributed by atoms with Gasteiger partial charge in [0.2, 0.25) is 12.7 Å². The smallest absolute Gasteiger partial charge is 0.343 e. The minimum Gasteiger partial charge on any atom is -0.458 e. The Bertz CT molecular complexity index is 1560. The van der Waals surface area contributed by atoms with Gasteiger partial charge in [-0.15, -0.1) is 0 Å². The molecule has 6 rings (SSSR count). The van der Waals surface area contributed by atoms with Crippen LogP contribution in [0.1, 0.15) is 42.5 Å². The van der Waals surface area contributed by atoms with Crippen molar-refractivity contribution in [2.45, 2.75) is 45.6 Å². The number of ether oxygens (including phenoxy) is 3. The van der Waals surface area contributed by atoms with Crippen LogP contribution in [0.25, 0.3) is 22.3 Å². The molecule has 11 heteroatoms. The lowest BCUT2D eigenvalue weighted by Crippen LogP contribution is -2.44. The van der Waals surface area contributed by atoms with Crippen LogP contribution in [0.5, 0.6) is 11.5 Å². The van der Waals surface area contributed by atoms with E-state index in [1.165, 1.54) is 0 Å². The molecule has 1 atom stereocenters. The summed E-state index contributed by atoms with van der Waals surface area (Å²) < 4.78 is 17.9. The zero-order chi connectivity index (χ0) is 26.1. The van der Waals surface area contributed by atoms with Crippen molar-refractivity contribution < 1.29 is 28.9 Å². The Kier molecular flexibility index (Phi) is 5.25. The third kappa shape index (κ3) is 3.27. The molecule has 0 fully saturated rings. The van der Waals surface area contributed by atoms with E-state index in [4.69, 9.17) is 24.9 Å².